The van der Waals surface area contributed by atoms with Crippen LogP contribution in [0.25, 0.3) is 0 Å². The van der Waals surface area contributed by atoms with Gasteiger partial charge in [0, 0.05) is 29.8 Å². The second kappa shape index (κ2) is 8.04. The molecule has 0 amide bonds. The Morgan fingerprint density at radius 3 is 3.09 bits per heavy atom. The summed E-state index contributed by atoms with van der Waals surface area (Å²) in [4.78, 5) is 10.1. The first-order valence-corrected chi connectivity index (χ1v) is 7.61. The largest absolute Gasteiger partial charge is 0.502 e. The van der Waals surface area contributed by atoms with Crippen LogP contribution < -0.4 is 10.7 Å². The molecule has 2 rings (SSSR count). The molecular weight excluding hydrogens is 344 g/mol. The van der Waals surface area contributed by atoms with E-state index in [9.17, 15) is 15.2 Å². The molecule has 124 valence electrons. The fraction of sp³-hybridized carbons (Fsp3) is 0.385. The highest BCUT2D eigenvalue weighted by molar-refractivity contribution is 7.80. The van der Waals surface area contributed by atoms with Crippen molar-refractivity contribution in [3.8, 4) is 5.75 Å². The zero-order chi connectivity index (χ0) is 16.8. The summed E-state index contributed by atoms with van der Waals surface area (Å²) < 4.78 is 5.44. The van der Waals surface area contributed by atoms with Crippen LogP contribution in [-0.2, 0) is 4.74 Å². The Labute approximate surface area is 142 Å². The van der Waals surface area contributed by atoms with E-state index in [0.29, 0.717) is 6.54 Å². The van der Waals surface area contributed by atoms with Crippen molar-refractivity contribution in [1.29, 1.82) is 0 Å². The second-order valence-electron chi connectivity index (χ2n) is 4.83. The first-order valence-electron chi connectivity index (χ1n) is 6.83. The van der Waals surface area contributed by atoms with Gasteiger partial charge in [0.1, 0.15) is 0 Å². The van der Waals surface area contributed by atoms with Gasteiger partial charge in [-0.05, 0) is 31.1 Å². The molecule has 1 fully saturated rings. The number of phenolic OH excluding ortho intramolecular Hbond substituents is 1. The van der Waals surface area contributed by atoms with Gasteiger partial charge in [-0.25, -0.2) is 0 Å². The van der Waals surface area contributed by atoms with E-state index in [-0.39, 0.29) is 21.8 Å². The van der Waals surface area contributed by atoms with E-state index in [4.69, 9.17) is 28.6 Å². The smallest absolute Gasteiger partial charge is 0.312 e. The number of hydrogen-bond acceptors (Lipinski definition) is 6. The van der Waals surface area contributed by atoms with E-state index >= 15 is 0 Å². The summed E-state index contributed by atoms with van der Waals surface area (Å²) in [7, 11) is 0. The second-order valence-corrected chi connectivity index (χ2v) is 5.68. The van der Waals surface area contributed by atoms with E-state index < -0.39 is 16.4 Å². The van der Waals surface area contributed by atoms with Gasteiger partial charge in [0.25, 0.3) is 0 Å². The molecule has 10 heteroatoms. The van der Waals surface area contributed by atoms with Gasteiger partial charge in [-0.1, -0.05) is 11.6 Å². The fourth-order valence-electron chi connectivity index (χ4n) is 2.05. The van der Waals surface area contributed by atoms with Gasteiger partial charge in [-0.2, -0.15) is 5.10 Å². The average Bonchev–Trinajstić information content (AvgIpc) is 3.01. The Kier molecular flexibility index (Phi) is 6.08. The third kappa shape index (κ3) is 5.02. The van der Waals surface area contributed by atoms with Crippen LogP contribution in [0.15, 0.2) is 17.2 Å². The molecule has 1 aromatic rings. The van der Waals surface area contributed by atoms with Gasteiger partial charge in [-0.15, -0.1) is 0 Å². The van der Waals surface area contributed by atoms with Gasteiger partial charge in [0.2, 0.25) is 5.75 Å². The molecule has 1 saturated heterocycles. The number of nitro benzene ring substituents is 1. The van der Waals surface area contributed by atoms with Crippen LogP contribution in [0.3, 0.4) is 0 Å². The van der Waals surface area contributed by atoms with Gasteiger partial charge < -0.3 is 15.2 Å². The summed E-state index contributed by atoms with van der Waals surface area (Å²) in [5, 5.41) is 27.8. The number of phenols is 1. The van der Waals surface area contributed by atoms with Crippen LogP contribution in [0.4, 0.5) is 5.69 Å². The number of hydrogen-bond donors (Lipinski definition) is 3. The number of aromatic hydroxyl groups is 1. The fourth-order valence-corrected chi connectivity index (χ4v) is 2.41. The van der Waals surface area contributed by atoms with Crippen molar-refractivity contribution in [2.45, 2.75) is 18.9 Å². The van der Waals surface area contributed by atoms with Gasteiger partial charge in [0.15, 0.2) is 5.11 Å². The third-order valence-corrected chi connectivity index (χ3v) is 3.62. The molecule has 8 nitrogen and oxygen atoms in total. The number of rotatable bonds is 5. The molecule has 0 spiro atoms. The van der Waals surface area contributed by atoms with Gasteiger partial charge in [-0.3, -0.25) is 15.5 Å². The zero-order valence-corrected chi connectivity index (χ0v) is 13.6. The normalized spacial score (nSPS) is 17.3. The van der Waals surface area contributed by atoms with E-state index in [1.165, 1.54) is 12.3 Å². The number of nitrogens with zero attached hydrogens (tertiary/aromatic N) is 2. The van der Waals surface area contributed by atoms with Crippen LogP contribution in [0.2, 0.25) is 5.02 Å². The molecule has 0 saturated carbocycles. The first-order chi connectivity index (χ1) is 11.0. The standard InChI is InChI=1S/C13H15ClN4O4S/c14-9-4-8(12(19)11(5-9)18(20)21)6-16-17-13(23)15-7-10-2-1-3-22-10/h4-6,10,19H,1-3,7H2,(H2,15,17,23)/b16-6-/t10-/m0/s1. The van der Waals surface area contributed by atoms with Crippen molar-refractivity contribution < 1.29 is 14.8 Å². The Balaban J connectivity index is 1.92. The van der Waals surface area contributed by atoms with Crippen molar-refractivity contribution in [2.75, 3.05) is 13.2 Å². The van der Waals surface area contributed by atoms with Crippen molar-refractivity contribution >= 4 is 40.8 Å². The number of hydrazone groups is 1. The van der Waals surface area contributed by atoms with Crippen LogP contribution in [0.5, 0.6) is 5.75 Å². The number of halogens is 1. The Hall–Kier alpha value is -1.97. The molecule has 1 aliphatic rings. The molecule has 0 bridgehead atoms. The van der Waals surface area contributed by atoms with Crippen LogP contribution in [0.1, 0.15) is 18.4 Å². The van der Waals surface area contributed by atoms with Crippen molar-refractivity contribution in [3.05, 3.63) is 32.8 Å². The van der Waals surface area contributed by atoms with E-state index in [0.717, 1.165) is 25.5 Å². The topological polar surface area (TPSA) is 109 Å². The quantitative estimate of drug-likeness (QED) is 0.319. The molecule has 0 radical (unpaired) electrons. The molecule has 0 aliphatic carbocycles. The maximum atomic E-state index is 10.8. The molecule has 3 N–H and O–H groups in total. The highest BCUT2D eigenvalue weighted by Gasteiger charge is 2.18. The number of benzene rings is 1. The van der Waals surface area contributed by atoms with Crippen molar-refractivity contribution in [3.63, 3.8) is 0 Å². The molecule has 0 aromatic heterocycles. The lowest BCUT2D eigenvalue weighted by molar-refractivity contribution is -0.385. The lowest BCUT2D eigenvalue weighted by Crippen LogP contribution is -2.37. The highest BCUT2D eigenvalue weighted by atomic mass is 35.5. The molecule has 23 heavy (non-hydrogen) atoms. The van der Waals surface area contributed by atoms with Crippen LogP contribution >= 0.6 is 23.8 Å². The van der Waals surface area contributed by atoms with Crippen LogP contribution in [-0.4, -0.2) is 40.6 Å². The van der Waals surface area contributed by atoms with Crippen LogP contribution in [0, 0.1) is 10.1 Å². The minimum atomic E-state index is -0.722. The summed E-state index contributed by atoms with van der Waals surface area (Å²) >= 11 is 10.8. The summed E-state index contributed by atoms with van der Waals surface area (Å²) in [6.45, 7) is 1.34. The predicted molar refractivity (Wildman–Crippen MR) is 90.1 cm³/mol. The molecule has 1 atom stereocenters. The van der Waals surface area contributed by atoms with E-state index in [2.05, 4.69) is 15.8 Å². The average molecular weight is 359 g/mol. The summed E-state index contributed by atoms with van der Waals surface area (Å²) in [6.07, 6.45) is 3.36. The summed E-state index contributed by atoms with van der Waals surface area (Å²) in [5.74, 6) is -0.511. The Bertz CT molecular complexity index is 635. The van der Waals surface area contributed by atoms with Crippen molar-refractivity contribution in [1.82, 2.24) is 10.7 Å². The third-order valence-electron chi connectivity index (χ3n) is 3.16. The molecule has 1 aromatic carbocycles. The SMILES string of the molecule is O=[N+]([O-])c1cc(Cl)cc(/C=N\NC(=S)NC[C@@H]2CCCO2)c1O. The first kappa shape index (κ1) is 17.4. The Morgan fingerprint density at radius 2 is 2.43 bits per heavy atom. The highest BCUT2D eigenvalue weighted by Crippen LogP contribution is 2.32. The molecule has 0 unspecified atom stereocenters. The number of thiocarbonyl (C=S) groups is 1. The molecular formula is C13H15ClN4O4S. The minimum absolute atomic E-state index is 0.110. The zero-order valence-electron chi connectivity index (χ0n) is 12.0. The summed E-state index contributed by atoms with van der Waals surface area (Å²) in [5.41, 5.74) is 2.18. The predicted octanol–water partition coefficient (Wildman–Crippen LogP) is 1.93. The maximum Gasteiger partial charge on any atom is 0.312 e. The van der Waals surface area contributed by atoms with Gasteiger partial charge in [0.05, 0.1) is 17.2 Å². The summed E-state index contributed by atoms with van der Waals surface area (Å²) in [6, 6.07) is 2.42. The Morgan fingerprint density at radius 1 is 1.65 bits per heavy atom. The lowest BCUT2D eigenvalue weighted by Gasteiger charge is -2.11. The number of nitro groups is 1. The number of nitrogens with one attached hydrogen (secondary N) is 2. The van der Waals surface area contributed by atoms with Crippen molar-refractivity contribution in [2.24, 2.45) is 5.10 Å². The number of ether oxygens (including phenoxy) is 1. The molecule has 1 aliphatic heterocycles. The monoisotopic (exact) mass is 358 g/mol. The lowest BCUT2D eigenvalue weighted by atomic mass is 10.2. The molecule has 1 heterocycles. The maximum absolute atomic E-state index is 10.8. The van der Waals surface area contributed by atoms with Gasteiger partial charge >= 0.3 is 5.69 Å². The van der Waals surface area contributed by atoms with E-state index in [1.807, 2.05) is 0 Å². The van der Waals surface area contributed by atoms with E-state index in [1.54, 1.807) is 0 Å². The minimum Gasteiger partial charge on any atom is -0.502 e.